The smallest absolute Gasteiger partial charge is 0.273 e. The van der Waals surface area contributed by atoms with E-state index in [0.29, 0.717) is 12.5 Å². The largest absolute Gasteiger partial charge is 0.446 e. The van der Waals surface area contributed by atoms with E-state index in [-0.39, 0.29) is 17.5 Å². The Labute approximate surface area is 105 Å². The van der Waals surface area contributed by atoms with Gasteiger partial charge in [0, 0.05) is 6.54 Å². The van der Waals surface area contributed by atoms with E-state index in [2.05, 4.69) is 4.72 Å². The molecule has 1 aromatic rings. The van der Waals surface area contributed by atoms with Crippen molar-refractivity contribution in [2.75, 3.05) is 18.1 Å². The molecule has 0 aliphatic carbocycles. The lowest BCUT2D eigenvalue weighted by Gasteiger charge is -2.08. The summed E-state index contributed by atoms with van der Waals surface area (Å²) in [6.45, 7) is 0.152. The van der Waals surface area contributed by atoms with E-state index in [1.165, 1.54) is 12.1 Å². The number of furan rings is 1. The summed E-state index contributed by atoms with van der Waals surface area (Å²) < 4.78 is 31.2. The molecule has 0 aromatic carbocycles. The van der Waals surface area contributed by atoms with Crippen LogP contribution in [-0.4, -0.2) is 31.6 Å². The van der Waals surface area contributed by atoms with Gasteiger partial charge in [-0.3, -0.25) is 0 Å². The Hall–Kier alpha value is -0.500. The Bertz CT molecular complexity index is 462. The lowest BCUT2D eigenvalue weighted by atomic mass is 10.1. The summed E-state index contributed by atoms with van der Waals surface area (Å²) in [4.78, 5) is 0. The van der Waals surface area contributed by atoms with Crippen molar-refractivity contribution in [3.8, 4) is 0 Å². The predicted molar refractivity (Wildman–Crippen MR) is 65.3 cm³/mol. The van der Waals surface area contributed by atoms with Gasteiger partial charge in [-0.25, -0.2) is 13.1 Å². The molecule has 1 atom stereocenters. The molecule has 7 heteroatoms. The molecule has 5 nitrogen and oxygen atoms in total. The van der Waals surface area contributed by atoms with Gasteiger partial charge < -0.3 is 9.52 Å². The molecule has 1 fully saturated rings. The van der Waals surface area contributed by atoms with Gasteiger partial charge in [-0.2, -0.15) is 11.8 Å². The van der Waals surface area contributed by atoms with Gasteiger partial charge in [0.2, 0.25) is 5.09 Å². The molecule has 0 amide bonds. The molecule has 0 bridgehead atoms. The first kappa shape index (κ1) is 12.9. The number of nitrogens with one attached hydrogen (secondary N) is 1. The summed E-state index contributed by atoms with van der Waals surface area (Å²) in [6, 6.07) is 2.82. The Morgan fingerprint density at radius 3 is 2.94 bits per heavy atom. The zero-order valence-electron chi connectivity index (χ0n) is 9.26. The summed E-state index contributed by atoms with van der Waals surface area (Å²) in [5, 5.41) is 8.68. The van der Waals surface area contributed by atoms with Crippen LogP contribution in [0, 0.1) is 5.92 Å². The summed E-state index contributed by atoms with van der Waals surface area (Å²) in [5.41, 5.74) is 0. The van der Waals surface area contributed by atoms with E-state index < -0.39 is 10.0 Å². The highest BCUT2D eigenvalue weighted by Crippen LogP contribution is 2.23. The standard InChI is InChI=1S/C10H15NO4S2/c12-6-9-1-2-10(15-9)17(13,14)11-5-8-3-4-16-7-8/h1-2,8,11-12H,3-7H2. The molecule has 17 heavy (non-hydrogen) atoms. The topological polar surface area (TPSA) is 79.5 Å². The van der Waals surface area contributed by atoms with Crippen molar-refractivity contribution in [1.29, 1.82) is 0 Å². The molecule has 1 aliphatic heterocycles. The molecule has 96 valence electrons. The number of sulfonamides is 1. The van der Waals surface area contributed by atoms with Crippen molar-refractivity contribution in [2.45, 2.75) is 18.1 Å². The number of aliphatic hydroxyl groups excluding tert-OH is 1. The van der Waals surface area contributed by atoms with Crippen LogP contribution < -0.4 is 4.72 Å². The summed E-state index contributed by atoms with van der Waals surface area (Å²) in [7, 11) is -3.57. The number of thioether (sulfide) groups is 1. The van der Waals surface area contributed by atoms with E-state index in [0.717, 1.165) is 17.9 Å². The Balaban J connectivity index is 1.97. The van der Waals surface area contributed by atoms with Crippen LogP contribution in [0.25, 0.3) is 0 Å². The number of hydrogen-bond donors (Lipinski definition) is 2. The molecule has 0 spiro atoms. The molecule has 2 heterocycles. The van der Waals surface area contributed by atoms with Crippen LogP contribution in [-0.2, 0) is 16.6 Å². The van der Waals surface area contributed by atoms with Gasteiger partial charge in [0.05, 0.1) is 0 Å². The van der Waals surface area contributed by atoms with E-state index in [4.69, 9.17) is 9.52 Å². The molecule has 1 unspecified atom stereocenters. The van der Waals surface area contributed by atoms with E-state index in [1.807, 2.05) is 11.8 Å². The van der Waals surface area contributed by atoms with Gasteiger partial charge in [-0.15, -0.1) is 0 Å². The quantitative estimate of drug-likeness (QED) is 0.832. The molecule has 2 rings (SSSR count). The minimum Gasteiger partial charge on any atom is -0.446 e. The van der Waals surface area contributed by atoms with Crippen LogP contribution in [0.3, 0.4) is 0 Å². The Morgan fingerprint density at radius 1 is 1.53 bits per heavy atom. The minimum absolute atomic E-state index is 0.132. The molecule has 1 saturated heterocycles. The third-order valence-corrected chi connectivity index (χ3v) is 5.17. The maximum atomic E-state index is 11.8. The van der Waals surface area contributed by atoms with Crippen LogP contribution in [0.2, 0.25) is 0 Å². The molecule has 2 N–H and O–H groups in total. The highest BCUT2D eigenvalue weighted by Gasteiger charge is 2.22. The first-order valence-electron chi connectivity index (χ1n) is 5.39. The zero-order chi connectivity index (χ0) is 12.3. The summed E-state index contributed by atoms with van der Waals surface area (Å²) >= 11 is 1.84. The van der Waals surface area contributed by atoms with E-state index >= 15 is 0 Å². The highest BCUT2D eigenvalue weighted by atomic mass is 32.2. The van der Waals surface area contributed by atoms with Crippen molar-refractivity contribution < 1.29 is 17.9 Å². The molecule has 1 aromatic heterocycles. The van der Waals surface area contributed by atoms with Gasteiger partial charge in [0.15, 0.2) is 0 Å². The van der Waals surface area contributed by atoms with Gasteiger partial charge in [0.25, 0.3) is 10.0 Å². The van der Waals surface area contributed by atoms with Gasteiger partial charge >= 0.3 is 0 Å². The van der Waals surface area contributed by atoms with Crippen LogP contribution in [0.4, 0.5) is 0 Å². The second-order valence-electron chi connectivity index (χ2n) is 3.96. The second-order valence-corrected chi connectivity index (χ2v) is 6.81. The van der Waals surface area contributed by atoms with E-state index in [9.17, 15) is 8.42 Å². The zero-order valence-corrected chi connectivity index (χ0v) is 10.9. The van der Waals surface area contributed by atoms with Crippen LogP contribution in [0.15, 0.2) is 21.6 Å². The summed E-state index contributed by atoms with van der Waals surface area (Å²) in [5.74, 6) is 2.76. The maximum Gasteiger partial charge on any atom is 0.273 e. The van der Waals surface area contributed by atoms with Gasteiger partial charge in [-0.05, 0) is 36.0 Å². The fraction of sp³-hybridized carbons (Fsp3) is 0.600. The van der Waals surface area contributed by atoms with Gasteiger partial charge in [0.1, 0.15) is 12.4 Å². The SMILES string of the molecule is O=S(=O)(NCC1CCSC1)c1ccc(CO)o1. The molecule has 0 saturated carbocycles. The first-order valence-corrected chi connectivity index (χ1v) is 8.02. The third kappa shape index (κ3) is 3.25. The number of hydrogen-bond acceptors (Lipinski definition) is 5. The normalized spacial score (nSPS) is 20.9. The van der Waals surface area contributed by atoms with Crippen molar-refractivity contribution >= 4 is 21.8 Å². The minimum atomic E-state index is -3.57. The fourth-order valence-electron chi connectivity index (χ4n) is 1.63. The van der Waals surface area contributed by atoms with Crippen LogP contribution >= 0.6 is 11.8 Å². The number of rotatable bonds is 5. The van der Waals surface area contributed by atoms with Crippen molar-refractivity contribution in [3.05, 3.63) is 17.9 Å². The van der Waals surface area contributed by atoms with Gasteiger partial charge in [-0.1, -0.05) is 0 Å². The van der Waals surface area contributed by atoms with Crippen LogP contribution in [0.5, 0.6) is 0 Å². The average Bonchev–Trinajstić information content (AvgIpc) is 2.98. The second kappa shape index (κ2) is 5.43. The molecular formula is C10H15NO4S2. The molecule has 0 radical (unpaired) electrons. The summed E-state index contributed by atoms with van der Waals surface area (Å²) in [6.07, 6.45) is 1.05. The fourth-order valence-corrected chi connectivity index (χ4v) is 3.98. The average molecular weight is 277 g/mol. The lowest BCUT2D eigenvalue weighted by Crippen LogP contribution is -2.29. The predicted octanol–water partition coefficient (Wildman–Crippen LogP) is 0.803. The van der Waals surface area contributed by atoms with Crippen molar-refractivity contribution in [2.24, 2.45) is 5.92 Å². The lowest BCUT2D eigenvalue weighted by molar-refractivity contribution is 0.236. The van der Waals surface area contributed by atoms with Crippen molar-refractivity contribution in [3.63, 3.8) is 0 Å². The highest BCUT2D eigenvalue weighted by molar-refractivity contribution is 7.99. The van der Waals surface area contributed by atoms with Crippen molar-refractivity contribution in [1.82, 2.24) is 4.72 Å². The van der Waals surface area contributed by atoms with E-state index in [1.54, 1.807) is 0 Å². The first-order chi connectivity index (χ1) is 8.12. The third-order valence-electron chi connectivity index (χ3n) is 2.64. The van der Waals surface area contributed by atoms with Crippen LogP contribution in [0.1, 0.15) is 12.2 Å². The molecule has 1 aliphatic rings. The Kier molecular flexibility index (Phi) is 4.13. The monoisotopic (exact) mass is 277 g/mol. The molecular weight excluding hydrogens is 262 g/mol. The maximum absolute atomic E-state index is 11.8. The Morgan fingerprint density at radius 2 is 2.35 bits per heavy atom. The number of aliphatic hydroxyl groups is 1.